The van der Waals surface area contributed by atoms with Crippen molar-refractivity contribution < 1.29 is 49.4 Å². The predicted octanol–water partition coefficient (Wildman–Crippen LogP) is 5.79. The second-order valence-corrected chi connectivity index (χ2v) is 16.0. The second kappa shape index (κ2) is 16.3. The Labute approximate surface area is 327 Å². The fourth-order valence-electron chi connectivity index (χ4n) is 9.32. The van der Waals surface area contributed by atoms with Crippen LogP contribution in [-0.2, 0) is 51.4 Å². The van der Waals surface area contributed by atoms with Gasteiger partial charge >= 0.3 is 11.9 Å². The molecule has 1 fully saturated rings. The smallest absolute Gasteiger partial charge is 0.334 e. The van der Waals surface area contributed by atoms with Crippen LogP contribution in [0.4, 0.5) is 0 Å². The lowest BCUT2D eigenvalue weighted by Gasteiger charge is -2.45. The number of phenolic OH excluding ortho intramolecular Hbond substituents is 2. The third kappa shape index (κ3) is 7.99. The first-order chi connectivity index (χ1) is 26.9. The molecule has 1 aliphatic carbocycles. The second-order valence-electron chi connectivity index (χ2n) is 16.0. The summed E-state index contributed by atoms with van der Waals surface area (Å²) in [5.74, 6) is 3.14. The predicted molar refractivity (Wildman–Crippen MR) is 207 cm³/mol. The van der Waals surface area contributed by atoms with Gasteiger partial charge in [-0.3, -0.25) is 9.59 Å². The van der Waals surface area contributed by atoms with Crippen molar-refractivity contribution in [1.29, 1.82) is 0 Å². The Kier molecular flexibility index (Phi) is 11.4. The molecular formula is C46H50O10. The average molecular weight is 763 g/mol. The first-order valence-corrected chi connectivity index (χ1v) is 19.8. The van der Waals surface area contributed by atoms with Crippen LogP contribution in [-0.4, -0.2) is 61.1 Å². The van der Waals surface area contributed by atoms with Gasteiger partial charge in [-0.05, 0) is 96.5 Å². The molecule has 0 aromatic heterocycles. The number of esters is 2. The molecule has 8 bridgehead atoms. The number of hydrogen-bond acceptors (Lipinski definition) is 10. The molecule has 7 rings (SSSR count). The van der Waals surface area contributed by atoms with Crippen LogP contribution < -0.4 is 4.74 Å². The van der Waals surface area contributed by atoms with Crippen molar-refractivity contribution in [3.63, 3.8) is 0 Å². The van der Waals surface area contributed by atoms with Gasteiger partial charge in [-0.15, -0.1) is 0 Å². The Morgan fingerprint density at radius 1 is 0.911 bits per heavy atom. The molecule has 3 aliphatic heterocycles. The van der Waals surface area contributed by atoms with Crippen LogP contribution in [0, 0.1) is 23.7 Å². The fourth-order valence-corrected chi connectivity index (χ4v) is 9.32. The van der Waals surface area contributed by atoms with Crippen LogP contribution in [0.5, 0.6) is 17.2 Å². The maximum absolute atomic E-state index is 14.8. The lowest BCUT2D eigenvalue weighted by Crippen LogP contribution is -2.54. The monoisotopic (exact) mass is 762 g/mol. The highest BCUT2D eigenvalue weighted by atomic mass is 16.6. The van der Waals surface area contributed by atoms with Gasteiger partial charge in [0.15, 0.2) is 0 Å². The number of aromatic hydroxyl groups is 2. The van der Waals surface area contributed by atoms with Crippen LogP contribution in [0.2, 0.25) is 0 Å². The average Bonchev–Trinajstić information content (AvgIpc) is 3.17. The van der Waals surface area contributed by atoms with Crippen LogP contribution >= 0.6 is 0 Å². The van der Waals surface area contributed by atoms with Gasteiger partial charge in [0.1, 0.15) is 34.7 Å². The van der Waals surface area contributed by atoms with E-state index in [2.05, 4.69) is 11.8 Å². The molecule has 10 heteroatoms. The van der Waals surface area contributed by atoms with Crippen molar-refractivity contribution >= 4 is 17.7 Å². The van der Waals surface area contributed by atoms with E-state index in [9.17, 15) is 39.9 Å². The van der Waals surface area contributed by atoms with Crippen molar-refractivity contribution in [2.75, 3.05) is 0 Å². The fraction of sp³-hybridized carbons (Fsp3) is 0.457. The molecule has 3 aromatic carbocycles. The topological polar surface area (TPSA) is 171 Å². The Balaban J connectivity index is 1.47. The first kappa shape index (κ1) is 39.3. The Bertz CT molecular complexity index is 2120. The normalized spacial score (nSPS) is 27.8. The van der Waals surface area contributed by atoms with Gasteiger partial charge in [0, 0.05) is 47.8 Å². The van der Waals surface area contributed by atoms with Crippen molar-refractivity contribution in [2.45, 2.75) is 121 Å². The summed E-state index contributed by atoms with van der Waals surface area (Å²) in [5, 5.41) is 57.2. The lowest BCUT2D eigenvalue weighted by atomic mass is 9.66. The van der Waals surface area contributed by atoms with E-state index in [1.807, 2.05) is 38.1 Å². The number of rotatable bonds is 5. The van der Waals surface area contributed by atoms with E-state index < -0.39 is 47.5 Å². The third-order valence-electron chi connectivity index (χ3n) is 12.1. The summed E-state index contributed by atoms with van der Waals surface area (Å²) in [7, 11) is 0. The molecule has 4 aliphatic rings. The summed E-state index contributed by atoms with van der Waals surface area (Å²) in [5.41, 5.74) is 2.55. The quantitative estimate of drug-likeness (QED) is 0.122. The minimum absolute atomic E-state index is 0.0708. The number of aliphatic hydroxyl groups excluding tert-OH is 2. The summed E-state index contributed by atoms with van der Waals surface area (Å²) < 4.78 is 12.2. The highest BCUT2D eigenvalue weighted by Crippen LogP contribution is 2.47. The summed E-state index contributed by atoms with van der Waals surface area (Å²) >= 11 is 0. The van der Waals surface area contributed by atoms with E-state index in [1.54, 1.807) is 12.1 Å². The van der Waals surface area contributed by atoms with Crippen LogP contribution in [0.25, 0.3) is 0 Å². The molecule has 0 saturated heterocycles. The number of carbonyl (C=O) groups excluding carboxylic acids is 3. The van der Waals surface area contributed by atoms with Crippen molar-refractivity contribution in [1.82, 2.24) is 0 Å². The molecule has 7 atom stereocenters. The molecule has 0 spiro atoms. The summed E-state index contributed by atoms with van der Waals surface area (Å²) in [4.78, 5) is 41.3. The van der Waals surface area contributed by atoms with Crippen molar-refractivity contribution in [2.24, 2.45) is 11.8 Å². The van der Waals surface area contributed by atoms with E-state index in [1.165, 1.54) is 18.2 Å². The zero-order chi connectivity index (χ0) is 39.7. The standard InChI is InChI=1S/C46H50O10/c1-3-12-46(54)35-10-11-40(50)32(19-35)14-26-6-5-7-27(13-26)16-36(48)21-34-18-29(31-15-28(25-47)17-37(49)20-31)8-9-30-24-42(51)56-44-38(4-2)43(52)33(22-39(30)44)23-41(46)55-45(34)53/h5-7,13,15,17,20-22,29-30,32,35-36,41,47-49,52,54H,3-4,10-12,14,16,18-19,23-25H2,1-2H3. The highest BCUT2D eigenvalue weighted by Gasteiger charge is 2.49. The largest absolute Gasteiger partial charge is 0.508 e. The van der Waals surface area contributed by atoms with E-state index >= 15 is 0 Å². The van der Waals surface area contributed by atoms with Gasteiger partial charge in [-0.2, -0.15) is 0 Å². The zero-order valence-electron chi connectivity index (χ0n) is 31.9. The van der Waals surface area contributed by atoms with Gasteiger partial charge in [-0.25, -0.2) is 4.79 Å². The van der Waals surface area contributed by atoms with Crippen LogP contribution in [0.1, 0.15) is 110 Å². The molecule has 3 aromatic rings. The van der Waals surface area contributed by atoms with E-state index in [0.717, 1.165) is 11.1 Å². The Morgan fingerprint density at radius 3 is 2.43 bits per heavy atom. The Hall–Kier alpha value is -4.95. The molecule has 294 valence electrons. The molecular weight excluding hydrogens is 712 g/mol. The number of ketones is 1. The Morgan fingerprint density at radius 2 is 1.68 bits per heavy atom. The molecule has 3 heterocycles. The molecule has 5 N–H and O–H groups in total. The van der Waals surface area contributed by atoms with E-state index in [4.69, 9.17) is 9.47 Å². The highest BCUT2D eigenvalue weighted by molar-refractivity contribution is 5.89. The van der Waals surface area contributed by atoms with Gasteiger partial charge in [0.2, 0.25) is 0 Å². The number of ether oxygens (including phenoxy) is 2. The minimum Gasteiger partial charge on any atom is -0.508 e. The summed E-state index contributed by atoms with van der Waals surface area (Å²) in [6, 6.07) is 14.1. The maximum Gasteiger partial charge on any atom is 0.334 e. The molecule has 7 unspecified atom stereocenters. The molecule has 56 heavy (non-hydrogen) atoms. The maximum atomic E-state index is 14.8. The van der Waals surface area contributed by atoms with Gasteiger partial charge < -0.3 is 35.0 Å². The molecule has 10 nitrogen and oxygen atoms in total. The zero-order valence-corrected chi connectivity index (χ0v) is 31.9. The number of aliphatic hydroxyl groups is 3. The van der Waals surface area contributed by atoms with Gasteiger partial charge in [0.25, 0.3) is 0 Å². The van der Waals surface area contributed by atoms with Crippen LogP contribution in [0.15, 0.2) is 60.2 Å². The number of hydrogen-bond donors (Lipinski definition) is 5. The number of carbonyl (C=O) groups is 3. The molecule has 0 amide bonds. The van der Waals surface area contributed by atoms with Gasteiger partial charge in [-0.1, -0.05) is 62.4 Å². The third-order valence-corrected chi connectivity index (χ3v) is 12.1. The molecule has 1 saturated carbocycles. The van der Waals surface area contributed by atoms with Crippen molar-refractivity contribution in [3.8, 4) is 29.1 Å². The number of fused-ring (bicyclic) bond motifs is 8. The van der Waals surface area contributed by atoms with Gasteiger partial charge in [0.05, 0.1) is 25.0 Å². The summed E-state index contributed by atoms with van der Waals surface area (Å²) in [6.45, 7) is 3.42. The summed E-state index contributed by atoms with van der Waals surface area (Å²) in [6.07, 6.45) is 1.68. The van der Waals surface area contributed by atoms with E-state index in [0.29, 0.717) is 59.9 Å². The number of Topliss-reactive ketones (excluding diaryl/α,β-unsaturated/α-hetero) is 1. The number of phenols is 2. The minimum atomic E-state index is -1.62. The van der Waals surface area contributed by atoms with Crippen molar-refractivity contribution in [3.05, 3.63) is 99.1 Å². The lowest BCUT2D eigenvalue weighted by molar-refractivity contribution is -0.176. The first-order valence-electron chi connectivity index (χ1n) is 19.8. The SMILES string of the molecule is CCCC1(O)C2CCC(=O)C(Cc3cccc(c3)CC(O)C=C3CC(c4cc(O)cc(CO)c4)C#CC4CC(=O)Oc5c4cc(c(O)c5CC)CC1OC3=O)C2. The molecule has 0 radical (unpaired) electrons. The van der Waals surface area contributed by atoms with E-state index in [-0.39, 0.29) is 79.7 Å². The number of benzene rings is 3. The van der Waals surface area contributed by atoms with Crippen LogP contribution in [0.3, 0.4) is 0 Å².